The number of carbonyl (C=O) groups excluding carboxylic acids is 1. The van der Waals surface area contributed by atoms with Crippen molar-refractivity contribution in [3.8, 4) is 0 Å². The summed E-state index contributed by atoms with van der Waals surface area (Å²) in [5, 5.41) is 0.0108. The number of alkyl halides is 1. The minimum atomic E-state index is -0.261. The molecule has 1 rings (SSSR count). The van der Waals surface area contributed by atoms with Crippen LogP contribution in [0.3, 0.4) is 0 Å². The van der Waals surface area contributed by atoms with Crippen LogP contribution in [0.4, 0.5) is 0 Å². The Hall–Kier alpha value is -0.170. The average Bonchev–Trinajstić information content (AvgIpc) is 2.36. The van der Waals surface area contributed by atoms with E-state index in [1.165, 1.54) is 6.92 Å². The number of carbonyl (C=O) groups is 1. The minimum absolute atomic E-state index is 0.0108. The zero-order valence-electron chi connectivity index (χ0n) is 11.8. The van der Waals surface area contributed by atoms with Crippen molar-refractivity contribution in [1.29, 1.82) is 0 Å². The van der Waals surface area contributed by atoms with Crippen molar-refractivity contribution < 1.29 is 23.7 Å². The maximum absolute atomic E-state index is 11.2. The van der Waals surface area contributed by atoms with Crippen LogP contribution in [0.1, 0.15) is 33.1 Å². The summed E-state index contributed by atoms with van der Waals surface area (Å²) in [6.07, 6.45) is 2.16. The highest BCUT2D eigenvalue weighted by molar-refractivity contribution is 9.09. The molecule has 0 spiro atoms. The standard InChI is InChI=1S/C13H23BrO5/c1-4-10-7-12(14)19-11(5-6-17-8-16-3)13(10)18-9(2)15/h10-13H,4-8H2,1-3H3/t10-,11-,12+,13+/m1/s1. The summed E-state index contributed by atoms with van der Waals surface area (Å²) in [5.74, 6) is 0.0531. The molecule has 0 aromatic carbocycles. The topological polar surface area (TPSA) is 54.0 Å². The first-order chi connectivity index (χ1) is 9.08. The molecule has 1 saturated heterocycles. The molecule has 0 amide bonds. The fraction of sp³-hybridized carbons (Fsp3) is 0.923. The maximum atomic E-state index is 11.2. The van der Waals surface area contributed by atoms with Crippen molar-refractivity contribution in [2.24, 2.45) is 5.92 Å². The van der Waals surface area contributed by atoms with Crippen molar-refractivity contribution >= 4 is 21.9 Å². The molecule has 1 heterocycles. The highest BCUT2D eigenvalue weighted by Gasteiger charge is 2.38. The number of ether oxygens (including phenoxy) is 4. The lowest BCUT2D eigenvalue weighted by Crippen LogP contribution is -2.46. The molecule has 19 heavy (non-hydrogen) atoms. The van der Waals surface area contributed by atoms with E-state index in [1.54, 1.807) is 7.11 Å². The number of esters is 1. The van der Waals surface area contributed by atoms with Crippen molar-refractivity contribution in [3.05, 3.63) is 0 Å². The predicted molar refractivity (Wildman–Crippen MR) is 74.0 cm³/mol. The van der Waals surface area contributed by atoms with Crippen LogP contribution >= 0.6 is 15.9 Å². The zero-order chi connectivity index (χ0) is 14.3. The van der Waals surface area contributed by atoms with E-state index in [9.17, 15) is 4.79 Å². The van der Waals surface area contributed by atoms with Crippen LogP contribution in [0, 0.1) is 5.92 Å². The van der Waals surface area contributed by atoms with Crippen LogP contribution in [-0.4, -0.2) is 43.7 Å². The van der Waals surface area contributed by atoms with Gasteiger partial charge in [0.1, 0.15) is 17.9 Å². The van der Waals surface area contributed by atoms with Gasteiger partial charge >= 0.3 is 5.97 Å². The van der Waals surface area contributed by atoms with Gasteiger partial charge in [-0.1, -0.05) is 22.9 Å². The molecular weight excluding hydrogens is 316 g/mol. The van der Waals surface area contributed by atoms with Gasteiger partial charge in [-0.25, -0.2) is 0 Å². The number of hydrogen-bond acceptors (Lipinski definition) is 5. The molecule has 5 nitrogen and oxygen atoms in total. The van der Waals surface area contributed by atoms with E-state index in [-0.39, 0.29) is 30.0 Å². The van der Waals surface area contributed by atoms with Gasteiger partial charge in [-0.2, -0.15) is 0 Å². The van der Waals surface area contributed by atoms with E-state index in [1.807, 2.05) is 0 Å². The Morgan fingerprint density at radius 1 is 1.47 bits per heavy atom. The lowest BCUT2D eigenvalue weighted by molar-refractivity contribution is -0.176. The van der Waals surface area contributed by atoms with Gasteiger partial charge in [-0.3, -0.25) is 4.79 Å². The summed E-state index contributed by atoms with van der Waals surface area (Å²) < 4.78 is 21.4. The lowest BCUT2D eigenvalue weighted by Gasteiger charge is -2.39. The van der Waals surface area contributed by atoms with E-state index in [4.69, 9.17) is 18.9 Å². The fourth-order valence-corrected chi connectivity index (χ4v) is 3.09. The Kier molecular flexibility index (Phi) is 7.90. The molecule has 4 atom stereocenters. The molecular formula is C13H23BrO5. The third-order valence-electron chi connectivity index (χ3n) is 3.22. The third kappa shape index (κ3) is 5.77. The summed E-state index contributed by atoms with van der Waals surface area (Å²) >= 11 is 3.50. The third-order valence-corrected chi connectivity index (χ3v) is 3.81. The van der Waals surface area contributed by atoms with Crippen molar-refractivity contribution in [1.82, 2.24) is 0 Å². The maximum Gasteiger partial charge on any atom is 0.303 e. The highest BCUT2D eigenvalue weighted by Crippen LogP contribution is 2.34. The Bertz CT molecular complexity index is 274. The average molecular weight is 339 g/mol. The molecule has 0 aromatic heterocycles. The van der Waals surface area contributed by atoms with Gasteiger partial charge in [0.2, 0.25) is 0 Å². The van der Waals surface area contributed by atoms with Gasteiger partial charge in [0.05, 0.1) is 12.7 Å². The van der Waals surface area contributed by atoms with Crippen LogP contribution in [0.2, 0.25) is 0 Å². The quantitative estimate of drug-likeness (QED) is 0.309. The summed E-state index contributed by atoms with van der Waals surface area (Å²) in [4.78, 5) is 11.2. The molecule has 1 aliphatic heterocycles. The Balaban J connectivity index is 2.57. The number of rotatable bonds is 7. The molecule has 0 N–H and O–H groups in total. The van der Waals surface area contributed by atoms with E-state index in [0.29, 0.717) is 18.9 Å². The van der Waals surface area contributed by atoms with E-state index in [0.717, 1.165) is 12.8 Å². The van der Waals surface area contributed by atoms with Gasteiger partial charge in [0.25, 0.3) is 0 Å². The molecule has 0 saturated carbocycles. The van der Waals surface area contributed by atoms with Gasteiger partial charge in [0.15, 0.2) is 0 Å². The molecule has 0 radical (unpaired) electrons. The molecule has 0 aromatic rings. The minimum Gasteiger partial charge on any atom is -0.459 e. The lowest BCUT2D eigenvalue weighted by atomic mass is 9.88. The zero-order valence-corrected chi connectivity index (χ0v) is 13.4. The fourth-order valence-electron chi connectivity index (χ4n) is 2.34. The first-order valence-corrected chi connectivity index (χ1v) is 7.53. The van der Waals surface area contributed by atoms with Gasteiger partial charge in [-0.15, -0.1) is 0 Å². The highest BCUT2D eigenvalue weighted by atomic mass is 79.9. The number of hydrogen-bond donors (Lipinski definition) is 0. The largest absolute Gasteiger partial charge is 0.459 e. The van der Waals surface area contributed by atoms with E-state index in [2.05, 4.69) is 22.9 Å². The molecule has 6 heteroatoms. The van der Waals surface area contributed by atoms with E-state index < -0.39 is 0 Å². The van der Waals surface area contributed by atoms with Gasteiger partial charge in [-0.05, 0) is 12.8 Å². The SMILES string of the molecule is CC[C@@H]1C[C@@H](Br)O[C@H](CCOCOC)[C@H]1OC(C)=O. The van der Waals surface area contributed by atoms with Crippen LogP contribution in [0.5, 0.6) is 0 Å². The Labute approximate surface area is 123 Å². The summed E-state index contributed by atoms with van der Waals surface area (Å²) in [5.41, 5.74) is 0. The Morgan fingerprint density at radius 3 is 2.79 bits per heavy atom. The molecule has 0 aliphatic carbocycles. The van der Waals surface area contributed by atoms with E-state index >= 15 is 0 Å². The summed E-state index contributed by atoms with van der Waals surface area (Å²) in [7, 11) is 1.58. The second-order valence-electron chi connectivity index (χ2n) is 4.67. The van der Waals surface area contributed by atoms with Gasteiger partial charge < -0.3 is 18.9 Å². The van der Waals surface area contributed by atoms with Crippen molar-refractivity contribution in [3.63, 3.8) is 0 Å². The molecule has 112 valence electrons. The molecule has 1 aliphatic rings. The summed E-state index contributed by atoms with van der Waals surface area (Å²) in [6, 6.07) is 0. The number of methoxy groups -OCH3 is 1. The second kappa shape index (κ2) is 8.89. The Morgan fingerprint density at radius 2 is 2.21 bits per heavy atom. The smallest absolute Gasteiger partial charge is 0.303 e. The normalized spacial score (nSPS) is 31.2. The van der Waals surface area contributed by atoms with Crippen LogP contribution < -0.4 is 0 Å². The van der Waals surface area contributed by atoms with Crippen molar-refractivity contribution in [2.45, 2.75) is 50.3 Å². The first-order valence-electron chi connectivity index (χ1n) is 6.61. The number of halogens is 1. The summed E-state index contributed by atoms with van der Waals surface area (Å²) in [6.45, 7) is 4.32. The molecule has 0 unspecified atom stereocenters. The first kappa shape index (κ1) is 16.9. The predicted octanol–water partition coefficient (Wildman–Crippen LogP) is 2.46. The molecule has 1 fully saturated rings. The monoisotopic (exact) mass is 338 g/mol. The second-order valence-corrected chi connectivity index (χ2v) is 5.69. The van der Waals surface area contributed by atoms with Gasteiger partial charge in [0, 0.05) is 26.4 Å². The van der Waals surface area contributed by atoms with Crippen LogP contribution in [0.15, 0.2) is 0 Å². The van der Waals surface area contributed by atoms with Crippen LogP contribution in [0.25, 0.3) is 0 Å². The van der Waals surface area contributed by atoms with Crippen molar-refractivity contribution in [2.75, 3.05) is 20.5 Å². The van der Waals surface area contributed by atoms with Crippen LogP contribution in [-0.2, 0) is 23.7 Å². The molecule has 0 bridgehead atoms.